The first-order chi connectivity index (χ1) is 11.7. The molecule has 0 aliphatic carbocycles. The highest BCUT2D eigenvalue weighted by Crippen LogP contribution is 2.24. The molecule has 1 amide bonds. The van der Waals surface area contributed by atoms with Crippen LogP contribution in [-0.2, 0) is 4.79 Å². The van der Waals surface area contributed by atoms with Crippen LogP contribution in [-0.4, -0.2) is 43.5 Å². The average molecular weight is 405 g/mol. The summed E-state index contributed by atoms with van der Waals surface area (Å²) < 4.78 is 0. The quantitative estimate of drug-likeness (QED) is 0.546. The van der Waals surface area contributed by atoms with E-state index in [1.54, 1.807) is 0 Å². The predicted octanol–water partition coefficient (Wildman–Crippen LogP) is 3.88. The van der Waals surface area contributed by atoms with Crippen LogP contribution in [0.3, 0.4) is 0 Å². The number of hydrogen-bond donors (Lipinski definition) is 3. The fourth-order valence-electron chi connectivity index (χ4n) is 3.09. The van der Waals surface area contributed by atoms with E-state index in [1.807, 2.05) is 18.2 Å². The zero-order valence-electron chi connectivity index (χ0n) is 15.7. The van der Waals surface area contributed by atoms with E-state index >= 15 is 0 Å². The molecule has 150 valence electrons. The van der Waals surface area contributed by atoms with E-state index in [-0.39, 0.29) is 30.7 Å². The van der Waals surface area contributed by atoms with Gasteiger partial charge in [-0.15, -0.1) is 24.8 Å². The molecule has 0 radical (unpaired) electrons. The predicted molar refractivity (Wildman–Crippen MR) is 116 cm³/mol. The summed E-state index contributed by atoms with van der Waals surface area (Å²) in [6.45, 7) is 2.98. The van der Waals surface area contributed by atoms with Crippen molar-refractivity contribution in [3.05, 3.63) is 24.3 Å². The van der Waals surface area contributed by atoms with Gasteiger partial charge in [0, 0.05) is 12.5 Å². The molecule has 2 rings (SSSR count). The molecular formula is C19H34Cl2N4O. The second-order valence-corrected chi connectivity index (χ2v) is 6.77. The molecule has 1 aliphatic heterocycles. The second kappa shape index (κ2) is 14.1. The number of amides is 1. The monoisotopic (exact) mass is 404 g/mol. The number of nitrogens with two attached hydrogens (primary N) is 1. The number of para-hydroxylation sites is 2. The van der Waals surface area contributed by atoms with Crippen molar-refractivity contribution < 1.29 is 4.79 Å². The summed E-state index contributed by atoms with van der Waals surface area (Å²) in [5, 5.41) is 6.67. The van der Waals surface area contributed by atoms with Crippen molar-refractivity contribution in [1.82, 2.24) is 4.90 Å². The summed E-state index contributed by atoms with van der Waals surface area (Å²) in [6.07, 6.45) is 7.01. The number of likely N-dealkylation sites (tertiary alicyclic amines) is 1. The normalized spacial score (nSPS) is 14.8. The minimum Gasteiger partial charge on any atom is -0.381 e. The third-order valence-corrected chi connectivity index (χ3v) is 4.64. The van der Waals surface area contributed by atoms with Gasteiger partial charge in [0.05, 0.1) is 11.4 Å². The van der Waals surface area contributed by atoms with Gasteiger partial charge in [-0.1, -0.05) is 25.0 Å². The number of carbonyl (C=O) groups excluding carboxylic acids is 1. The van der Waals surface area contributed by atoms with Crippen LogP contribution < -0.4 is 16.4 Å². The largest absolute Gasteiger partial charge is 0.381 e. The van der Waals surface area contributed by atoms with Crippen LogP contribution in [0.2, 0.25) is 0 Å². The lowest BCUT2D eigenvalue weighted by Gasteiger charge is -2.30. The minimum atomic E-state index is 0. The zero-order chi connectivity index (χ0) is 17.2. The maximum absolute atomic E-state index is 12.2. The lowest BCUT2D eigenvalue weighted by Crippen LogP contribution is -2.36. The molecule has 5 nitrogen and oxygen atoms in total. The molecule has 1 fully saturated rings. The van der Waals surface area contributed by atoms with E-state index in [9.17, 15) is 4.79 Å². The highest BCUT2D eigenvalue weighted by Gasteiger charge is 2.17. The maximum atomic E-state index is 12.2. The minimum absolute atomic E-state index is 0. The van der Waals surface area contributed by atoms with Gasteiger partial charge in [-0.05, 0) is 64.5 Å². The molecule has 26 heavy (non-hydrogen) atoms. The Kier molecular flexibility index (Phi) is 13.6. The molecule has 0 spiro atoms. The van der Waals surface area contributed by atoms with Gasteiger partial charge in [-0.3, -0.25) is 4.79 Å². The number of anilines is 2. The first kappa shape index (κ1) is 25.0. The van der Waals surface area contributed by atoms with Crippen LogP contribution in [0.1, 0.15) is 44.9 Å². The summed E-state index contributed by atoms with van der Waals surface area (Å²) >= 11 is 0. The first-order valence-electron chi connectivity index (χ1n) is 9.23. The Morgan fingerprint density at radius 1 is 1.08 bits per heavy atom. The van der Waals surface area contributed by atoms with Gasteiger partial charge >= 0.3 is 0 Å². The molecule has 0 unspecified atom stereocenters. The smallest absolute Gasteiger partial charge is 0.224 e. The molecule has 0 atom stereocenters. The number of nitrogens with one attached hydrogen (secondary N) is 2. The topological polar surface area (TPSA) is 70.4 Å². The molecule has 4 N–H and O–H groups in total. The Hall–Kier alpha value is -1.01. The van der Waals surface area contributed by atoms with Crippen LogP contribution in [0.5, 0.6) is 0 Å². The molecule has 0 bridgehead atoms. The van der Waals surface area contributed by atoms with Crippen molar-refractivity contribution in [3.8, 4) is 0 Å². The number of rotatable bonds is 9. The highest BCUT2D eigenvalue weighted by molar-refractivity contribution is 5.94. The van der Waals surface area contributed by atoms with Crippen molar-refractivity contribution in [3.63, 3.8) is 0 Å². The number of benzene rings is 1. The van der Waals surface area contributed by atoms with Crippen LogP contribution in [0, 0.1) is 0 Å². The average Bonchev–Trinajstić information content (AvgIpc) is 2.58. The summed E-state index contributed by atoms with van der Waals surface area (Å²) in [6, 6.07) is 8.49. The number of piperidine rings is 1. The number of nitrogens with zero attached hydrogens (tertiary/aromatic N) is 1. The number of carbonyl (C=O) groups is 1. The lowest BCUT2D eigenvalue weighted by atomic mass is 10.0. The third-order valence-electron chi connectivity index (χ3n) is 4.64. The van der Waals surface area contributed by atoms with E-state index in [0.29, 0.717) is 12.5 Å². The third kappa shape index (κ3) is 9.08. The molecule has 1 aromatic rings. The number of hydrogen-bond acceptors (Lipinski definition) is 4. The van der Waals surface area contributed by atoms with Gasteiger partial charge in [0.15, 0.2) is 0 Å². The molecule has 1 heterocycles. The highest BCUT2D eigenvalue weighted by atomic mass is 35.5. The summed E-state index contributed by atoms with van der Waals surface area (Å²) in [7, 11) is 2.16. The van der Waals surface area contributed by atoms with Gasteiger partial charge in [0.25, 0.3) is 0 Å². The van der Waals surface area contributed by atoms with Crippen molar-refractivity contribution in [2.24, 2.45) is 5.73 Å². The number of unbranched alkanes of at least 4 members (excludes halogenated alkanes) is 3. The zero-order valence-corrected chi connectivity index (χ0v) is 17.3. The molecule has 7 heteroatoms. The Bertz CT molecular complexity index is 508. The van der Waals surface area contributed by atoms with E-state index in [0.717, 1.165) is 69.5 Å². The van der Waals surface area contributed by atoms with E-state index < -0.39 is 0 Å². The Morgan fingerprint density at radius 3 is 2.35 bits per heavy atom. The van der Waals surface area contributed by atoms with Crippen LogP contribution >= 0.6 is 24.8 Å². The fraction of sp³-hybridized carbons (Fsp3) is 0.632. The van der Waals surface area contributed by atoms with Gasteiger partial charge < -0.3 is 21.3 Å². The van der Waals surface area contributed by atoms with Crippen LogP contribution in [0.15, 0.2) is 24.3 Å². The molecular weight excluding hydrogens is 371 g/mol. The van der Waals surface area contributed by atoms with Crippen LogP contribution in [0.4, 0.5) is 11.4 Å². The summed E-state index contributed by atoms with van der Waals surface area (Å²) in [5.41, 5.74) is 7.41. The lowest BCUT2D eigenvalue weighted by molar-refractivity contribution is -0.116. The molecule has 0 saturated carbocycles. The Balaban J connectivity index is 0.00000312. The number of halogens is 2. The Morgan fingerprint density at radius 2 is 1.69 bits per heavy atom. The van der Waals surface area contributed by atoms with Gasteiger partial charge in [-0.25, -0.2) is 0 Å². The summed E-state index contributed by atoms with van der Waals surface area (Å²) in [4.78, 5) is 14.5. The van der Waals surface area contributed by atoms with Gasteiger partial charge in [-0.2, -0.15) is 0 Å². The fourth-order valence-corrected chi connectivity index (χ4v) is 3.09. The van der Waals surface area contributed by atoms with Gasteiger partial charge in [0.1, 0.15) is 0 Å². The standard InChI is InChI=1S/C19H32N4O.2ClH/c1-23-14-11-16(12-15-23)21-17-8-5-6-9-18(17)22-19(24)10-4-2-3-7-13-20;;/h5-6,8-9,16,21H,2-4,7,10-15,20H2,1H3,(H,22,24);2*1H. The maximum Gasteiger partial charge on any atom is 0.224 e. The van der Waals surface area contributed by atoms with E-state index in [2.05, 4.69) is 28.6 Å². The summed E-state index contributed by atoms with van der Waals surface area (Å²) in [5.74, 6) is 0.0976. The van der Waals surface area contributed by atoms with Crippen LogP contribution in [0.25, 0.3) is 0 Å². The van der Waals surface area contributed by atoms with Crippen molar-refractivity contribution in [2.45, 2.75) is 51.0 Å². The molecule has 1 aromatic carbocycles. The van der Waals surface area contributed by atoms with Crippen molar-refractivity contribution in [1.29, 1.82) is 0 Å². The van der Waals surface area contributed by atoms with E-state index in [4.69, 9.17) is 5.73 Å². The SMILES string of the molecule is CN1CCC(Nc2ccccc2NC(=O)CCCCCCN)CC1.Cl.Cl. The van der Waals surface area contributed by atoms with Crippen molar-refractivity contribution >= 4 is 42.1 Å². The molecule has 0 aromatic heterocycles. The van der Waals surface area contributed by atoms with Crippen molar-refractivity contribution in [2.75, 3.05) is 37.3 Å². The molecule has 1 aliphatic rings. The molecule has 1 saturated heterocycles. The van der Waals surface area contributed by atoms with E-state index in [1.165, 1.54) is 0 Å². The first-order valence-corrected chi connectivity index (χ1v) is 9.23. The second-order valence-electron chi connectivity index (χ2n) is 6.77. The van der Waals surface area contributed by atoms with Gasteiger partial charge in [0.2, 0.25) is 5.91 Å². The Labute approximate surface area is 170 Å².